The number of aryl methyl sites for hydroxylation is 1. The van der Waals surface area contributed by atoms with Gasteiger partial charge in [-0.2, -0.15) is 0 Å². The molecule has 1 aromatic heterocycles. The van der Waals surface area contributed by atoms with Crippen LogP contribution in [0.5, 0.6) is 5.75 Å². The zero-order valence-electron chi connectivity index (χ0n) is 12.5. The van der Waals surface area contributed by atoms with Crippen LogP contribution < -0.4 is 21.0 Å². The largest absolute Gasteiger partial charge is 0.484 e. The lowest BCUT2D eigenvalue weighted by Crippen LogP contribution is -2.42. The number of nitrogens with one attached hydrogen (secondary N) is 2. The molecule has 120 valence electrons. The number of carbonyl (C=O) groups is 2. The van der Waals surface area contributed by atoms with Gasteiger partial charge in [-0.3, -0.25) is 10.1 Å². The van der Waals surface area contributed by atoms with E-state index < -0.39 is 17.6 Å². The van der Waals surface area contributed by atoms with Crippen molar-refractivity contribution in [3.63, 3.8) is 0 Å². The SMILES string of the molecule is Cc1cc(=O)oc2cc(OCC(=O)NC(=O)NC3CC3)ccc12. The molecule has 0 spiro atoms. The smallest absolute Gasteiger partial charge is 0.336 e. The highest BCUT2D eigenvalue weighted by atomic mass is 16.5. The van der Waals surface area contributed by atoms with Gasteiger partial charge in [-0.15, -0.1) is 0 Å². The number of hydrogen-bond donors (Lipinski definition) is 2. The first-order chi connectivity index (χ1) is 11.0. The predicted molar refractivity (Wildman–Crippen MR) is 82.4 cm³/mol. The zero-order valence-corrected chi connectivity index (χ0v) is 12.5. The van der Waals surface area contributed by atoms with E-state index in [9.17, 15) is 14.4 Å². The third kappa shape index (κ3) is 3.88. The van der Waals surface area contributed by atoms with E-state index >= 15 is 0 Å². The van der Waals surface area contributed by atoms with Gasteiger partial charge in [0.15, 0.2) is 6.61 Å². The van der Waals surface area contributed by atoms with Crippen molar-refractivity contribution in [1.29, 1.82) is 0 Å². The highest BCUT2D eigenvalue weighted by Crippen LogP contribution is 2.22. The van der Waals surface area contributed by atoms with Gasteiger partial charge >= 0.3 is 11.7 Å². The van der Waals surface area contributed by atoms with Crippen molar-refractivity contribution in [2.75, 3.05) is 6.61 Å². The minimum absolute atomic E-state index is 0.176. The van der Waals surface area contributed by atoms with Gasteiger partial charge in [0.25, 0.3) is 5.91 Å². The van der Waals surface area contributed by atoms with Crippen LogP contribution in [0.2, 0.25) is 0 Å². The number of hydrogen-bond acceptors (Lipinski definition) is 5. The standard InChI is InChI=1S/C16H16N2O5/c1-9-6-15(20)23-13-7-11(4-5-12(9)13)22-8-14(19)18-16(21)17-10-2-3-10/h4-7,10H,2-3,8H2,1H3,(H2,17,18,19,21). The summed E-state index contributed by atoms with van der Waals surface area (Å²) < 4.78 is 10.4. The second kappa shape index (κ2) is 6.12. The Balaban J connectivity index is 1.61. The molecular formula is C16H16N2O5. The summed E-state index contributed by atoms with van der Waals surface area (Å²) in [6, 6.07) is 6.04. The lowest BCUT2D eigenvalue weighted by molar-refractivity contribution is -0.122. The van der Waals surface area contributed by atoms with Gasteiger partial charge in [0.1, 0.15) is 11.3 Å². The second-order valence-corrected chi connectivity index (χ2v) is 5.49. The zero-order chi connectivity index (χ0) is 16.4. The summed E-state index contributed by atoms with van der Waals surface area (Å²) in [6.45, 7) is 1.51. The molecule has 0 atom stereocenters. The summed E-state index contributed by atoms with van der Waals surface area (Å²) in [5.74, 6) is -0.169. The molecule has 0 radical (unpaired) electrons. The summed E-state index contributed by atoms with van der Waals surface area (Å²) in [6.07, 6.45) is 1.89. The Hall–Kier alpha value is -2.83. The molecule has 0 aliphatic heterocycles. The van der Waals surface area contributed by atoms with Crippen molar-refractivity contribution in [1.82, 2.24) is 10.6 Å². The molecule has 0 unspecified atom stereocenters. The summed E-state index contributed by atoms with van der Waals surface area (Å²) in [5.41, 5.74) is 0.748. The van der Waals surface area contributed by atoms with Crippen LogP contribution >= 0.6 is 0 Å². The maximum Gasteiger partial charge on any atom is 0.336 e. The summed E-state index contributed by atoms with van der Waals surface area (Å²) in [7, 11) is 0. The number of ether oxygens (including phenoxy) is 1. The first kappa shape index (κ1) is 15.1. The van der Waals surface area contributed by atoms with E-state index in [1.54, 1.807) is 18.2 Å². The van der Waals surface area contributed by atoms with Crippen LogP contribution in [0.3, 0.4) is 0 Å². The minimum Gasteiger partial charge on any atom is -0.484 e. The predicted octanol–water partition coefficient (Wildman–Crippen LogP) is 1.47. The van der Waals surface area contributed by atoms with Crippen molar-refractivity contribution in [2.24, 2.45) is 0 Å². The van der Waals surface area contributed by atoms with Crippen LogP contribution in [-0.2, 0) is 4.79 Å². The average Bonchev–Trinajstić information content (AvgIpc) is 3.28. The fraction of sp³-hybridized carbons (Fsp3) is 0.312. The Morgan fingerprint density at radius 1 is 1.30 bits per heavy atom. The maximum absolute atomic E-state index is 11.6. The molecule has 1 aliphatic rings. The number of carbonyl (C=O) groups excluding carboxylic acids is 2. The monoisotopic (exact) mass is 316 g/mol. The van der Waals surface area contributed by atoms with Gasteiger partial charge < -0.3 is 14.5 Å². The molecule has 1 aliphatic carbocycles. The molecule has 2 aromatic rings. The Morgan fingerprint density at radius 2 is 2.09 bits per heavy atom. The van der Waals surface area contributed by atoms with E-state index in [4.69, 9.17) is 9.15 Å². The molecule has 1 fully saturated rings. The van der Waals surface area contributed by atoms with Crippen molar-refractivity contribution >= 4 is 22.9 Å². The quantitative estimate of drug-likeness (QED) is 0.832. The van der Waals surface area contributed by atoms with Gasteiger partial charge in [-0.25, -0.2) is 9.59 Å². The van der Waals surface area contributed by atoms with E-state index in [1.807, 2.05) is 6.92 Å². The Morgan fingerprint density at radius 3 is 2.83 bits per heavy atom. The van der Waals surface area contributed by atoms with Crippen LogP contribution in [0.15, 0.2) is 33.5 Å². The highest BCUT2D eigenvalue weighted by Gasteiger charge is 2.23. The lowest BCUT2D eigenvalue weighted by Gasteiger charge is -2.08. The molecule has 23 heavy (non-hydrogen) atoms. The van der Waals surface area contributed by atoms with Crippen LogP contribution in [0.25, 0.3) is 11.0 Å². The molecular weight excluding hydrogens is 300 g/mol. The van der Waals surface area contributed by atoms with Crippen molar-refractivity contribution in [3.05, 3.63) is 40.2 Å². The molecule has 1 aromatic carbocycles. The highest BCUT2D eigenvalue weighted by molar-refractivity contribution is 5.95. The maximum atomic E-state index is 11.6. The molecule has 0 bridgehead atoms. The topological polar surface area (TPSA) is 97.6 Å². The van der Waals surface area contributed by atoms with Gasteiger partial charge in [-0.1, -0.05) is 0 Å². The average molecular weight is 316 g/mol. The third-order valence-electron chi connectivity index (χ3n) is 3.46. The van der Waals surface area contributed by atoms with E-state index in [-0.39, 0.29) is 12.6 Å². The van der Waals surface area contributed by atoms with Crippen molar-refractivity contribution in [3.8, 4) is 5.75 Å². The van der Waals surface area contributed by atoms with Gasteiger partial charge in [0, 0.05) is 23.6 Å². The number of urea groups is 1. The molecule has 0 saturated heterocycles. The van der Waals surface area contributed by atoms with E-state index in [0.29, 0.717) is 11.3 Å². The van der Waals surface area contributed by atoms with Gasteiger partial charge in [-0.05, 0) is 37.5 Å². The summed E-state index contributed by atoms with van der Waals surface area (Å²) >= 11 is 0. The molecule has 7 heteroatoms. The van der Waals surface area contributed by atoms with Crippen molar-refractivity contribution in [2.45, 2.75) is 25.8 Å². The van der Waals surface area contributed by atoms with Crippen molar-refractivity contribution < 1.29 is 18.7 Å². The molecule has 1 heterocycles. The fourth-order valence-electron chi connectivity index (χ4n) is 2.16. The third-order valence-corrected chi connectivity index (χ3v) is 3.46. The molecule has 1 saturated carbocycles. The molecule has 2 N–H and O–H groups in total. The number of fused-ring (bicyclic) bond motifs is 1. The number of rotatable bonds is 4. The fourth-order valence-corrected chi connectivity index (χ4v) is 2.16. The number of imide groups is 1. The number of amides is 3. The number of benzene rings is 1. The van der Waals surface area contributed by atoms with E-state index in [2.05, 4.69) is 10.6 Å². The van der Waals surface area contributed by atoms with E-state index in [0.717, 1.165) is 23.8 Å². The molecule has 3 amide bonds. The molecule has 3 rings (SSSR count). The summed E-state index contributed by atoms with van der Waals surface area (Å²) in [4.78, 5) is 34.4. The van der Waals surface area contributed by atoms with Crippen LogP contribution in [0.4, 0.5) is 4.79 Å². The Bertz CT molecular complexity index is 823. The second-order valence-electron chi connectivity index (χ2n) is 5.49. The summed E-state index contributed by atoms with van der Waals surface area (Å²) in [5, 5.41) is 5.63. The van der Waals surface area contributed by atoms with Gasteiger partial charge in [0.05, 0.1) is 0 Å². The lowest BCUT2D eigenvalue weighted by atomic mass is 10.1. The minimum atomic E-state index is -0.547. The van der Waals surface area contributed by atoms with Crippen LogP contribution in [-0.4, -0.2) is 24.6 Å². The Kier molecular flexibility index (Phi) is 4.01. The van der Waals surface area contributed by atoms with Crippen LogP contribution in [0, 0.1) is 6.92 Å². The molecule has 7 nitrogen and oxygen atoms in total. The van der Waals surface area contributed by atoms with Crippen LogP contribution in [0.1, 0.15) is 18.4 Å². The normalized spacial score (nSPS) is 13.6. The van der Waals surface area contributed by atoms with E-state index in [1.165, 1.54) is 6.07 Å². The first-order valence-electron chi connectivity index (χ1n) is 7.29. The Labute approximate surface area is 131 Å². The first-order valence-corrected chi connectivity index (χ1v) is 7.29. The van der Waals surface area contributed by atoms with Gasteiger partial charge in [0.2, 0.25) is 0 Å².